The maximum Gasteiger partial charge on any atom is 0.323 e. The van der Waals surface area contributed by atoms with Gasteiger partial charge in [-0.2, -0.15) is 0 Å². The maximum atomic E-state index is 13.0. The quantitative estimate of drug-likeness (QED) is 0.202. The van der Waals surface area contributed by atoms with Crippen molar-refractivity contribution >= 4 is 57.6 Å². The summed E-state index contributed by atoms with van der Waals surface area (Å²) in [7, 11) is 0. The Morgan fingerprint density at radius 1 is 0.900 bits per heavy atom. The van der Waals surface area contributed by atoms with Crippen LogP contribution in [0, 0.1) is 0 Å². The molecule has 4 aromatic carbocycles. The van der Waals surface area contributed by atoms with E-state index in [1.807, 2.05) is 72.8 Å². The molecular weight excluding hydrogens is 522 g/mol. The molecule has 4 amide bonds. The van der Waals surface area contributed by atoms with Crippen molar-refractivity contribution in [2.45, 2.75) is 11.4 Å². The van der Waals surface area contributed by atoms with Crippen molar-refractivity contribution in [3.63, 3.8) is 0 Å². The molecule has 0 aliphatic carbocycles. The molecule has 1 aliphatic heterocycles. The minimum absolute atomic E-state index is 0.0268. The maximum absolute atomic E-state index is 13.0. The second kappa shape index (κ2) is 10.6. The summed E-state index contributed by atoms with van der Waals surface area (Å²) in [6, 6.07) is 27.9. The van der Waals surface area contributed by atoms with Crippen LogP contribution in [0.1, 0.15) is 15.9 Å². The second-order valence-corrected chi connectivity index (χ2v) is 10.4. The lowest BCUT2D eigenvalue weighted by Gasteiger charge is -2.29. The standard InChI is InChI=1S/C31H25N5O3S/c32-30(38)22-8-4-7-20(13-22)21-9-11-25-24(14-21)26(16-33-25)35-31(39)34-23-10-12-28-27(15-23)36(29(37)18-40-28)17-19-5-2-1-3-6-19/h1-16,33H,17-18H2,(H2,32,38)(H2,34,35,39). The summed E-state index contributed by atoms with van der Waals surface area (Å²) in [6.45, 7) is 0.461. The van der Waals surface area contributed by atoms with E-state index in [0.29, 0.717) is 29.2 Å². The van der Waals surface area contributed by atoms with Gasteiger partial charge in [0, 0.05) is 33.2 Å². The molecule has 0 spiro atoms. The van der Waals surface area contributed by atoms with E-state index in [1.54, 1.807) is 29.3 Å². The van der Waals surface area contributed by atoms with Crippen molar-refractivity contribution in [3.05, 3.63) is 108 Å². The van der Waals surface area contributed by atoms with Crippen LogP contribution in [0.5, 0.6) is 0 Å². The van der Waals surface area contributed by atoms with Crippen molar-refractivity contribution in [1.29, 1.82) is 0 Å². The smallest absolute Gasteiger partial charge is 0.323 e. The highest BCUT2D eigenvalue weighted by molar-refractivity contribution is 8.00. The number of carbonyl (C=O) groups excluding carboxylic acids is 3. The van der Waals surface area contributed by atoms with Gasteiger partial charge in [-0.15, -0.1) is 11.8 Å². The van der Waals surface area contributed by atoms with Gasteiger partial charge in [-0.25, -0.2) is 4.79 Å². The minimum atomic E-state index is -0.489. The van der Waals surface area contributed by atoms with Gasteiger partial charge in [-0.3, -0.25) is 9.59 Å². The lowest BCUT2D eigenvalue weighted by Crippen LogP contribution is -2.34. The predicted molar refractivity (Wildman–Crippen MR) is 160 cm³/mol. The molecule has 5 aromatic rings. The summed E-state index contributed by atoms with van der Waals surface area (Å²) in [5.41, 5.74) is 11.4. The Bertz CT molecular complexity index is 1770. The van der Waals surface area contributed by atoms with Crippen LogP contribution in [-0.4, -0.2) is 28.6 Å². The first kappa shape index (κ1) is 25.3. The number of thioether (sulfide) groups is 1. The monoisotopic (exact) mass is 547 g/mol. The number of fused-ring (bicyclic) bond motifs is 2. The number of amides is 4. The number of primary amides is 1. The largest absolute Gasteiger partial charge is 0.366 e. The average Bonchev–Trinajstić information content (AvgIpc) is 3.37. The number of anilines is 3. The topological polar surface area (TPSA) is 120 Å². The fourth-order valence-corrected chi connectivity index (χ4v) is 5.68. The number of nitrogens with one attached hydrogen (secondary N) is 3. The van der Waals surface area contributed by atoms with Crippen molar-refractivity contribution in [3.8, 4) is 11.1 Å². The van der Waals surface area contributed by atoms with Crippen molar-refractivity contribution < 1.29 is 14.4 Å². The number of H-pyrrole nitrogens is 1. The number of urea groups is 1. The van der Waals surface area contributed by atoms with Gasteiger partial charge in [0.15, 0.2) is 0 Å². The molecule has 0 atom stereocenters. The molecule has 8 nitrogen and oxygen atoms in total. The van der Waals surface area contributed by atoms with Crippen LogP contribution < -0.4 is 21.3 Å². The van der Waals surface area contributed by atoms with E-state index < -0.39 is 11.9 Å². The SMILES string of the molecule is NC(=O)c1cccc(-c2ccc3[nH]cc(NC(=O)Nc4ccc5c(c4)N(Cc4ccccc4)C(=O)CS5)c3c2)c1. The molecule has 9 heteroatoms. The third-order valence-corrected chi connectivity index (χ3v) is 7.80. The van der Waals surface area contributed by atoms with E-state index in [1.165, 1.54) is 11.8 Å². The highest BCUT2D eigenvalue weighted by atomic mass is 32.2. The fourth-order valence-electron chi connectivity index (χ4n) is 4.76. The molecule has 5 N–H and O–H groups in total. The number of carbonyl (C=O) groups is 3. The van der Waals surface area contributed by atoms with Gasteiger partial charge < -0.3 is 26.3 Å². The highest BCUT2D eigenvalue weighted by Crippen LogP contribution is 2.38. The number of aromatic amines is 1. The molecule has 0 radical (unpaired) electrons. The van der Waals surface area contributed by atoms with Crippen LogP contribution in [0.2, 0.25) is 0 Å². The van der Waals surface area contributed by atoms with E-state index in [2.05, 4.69) is 15.6 Å². The van der Waals surface area contributed by atoms with Crippen LogP contribution in [0.25, 0.3) is 22.0 Å². The Morgan fingerprint density at radius 2 is 1.73 bits per heavy atom. The molecule has 0 fully saturated rings. The Kier molecular flexibility index (Phi) is 6.71. The molecule has 40 heavy (non-hydrogen) atoms. The van der Waals surface area contributed by atoms with Gasteiger partial charge in [0.25, 0.3) is 0 Å². The van der Waals surface area contributed by atoms with Gasteiger partial charge in [-0.05, 0) is 59.2 Å². The van der Waals surface area contributed by atoms with Crippen LogP contribution >= 0.6 is 11.8 Å². The normalized spacial score (nSPS) is 12.7. The van der Waals surface area contributed by atoms with Gasteiger partial charge >= 0.3 is 6.03 Å². The summed E-state index contributed by atoms with van der Waals surface area (Å²) >= 11 is 1.50. The van der Waals surface area contributed by atoms with E-state index in [4.69, 9.17) is 5.73 Å². The van der Waals surface area contributed by atoms with Gasteiger partial charge in [0.1, 0.15) is 0 Å². The third-order valence-electron chi connectivity index (χ3n) is 6.75. The molecular formula is C31H25N5O3S. The molecule has 1 aromatic heterocycles. The van der Waals surface area contributed by atoms with Gasteiger partial charge in [0.05, 0.1) is 23.7 Å². The van der Waals surface area contributed by atoms with Crippen LogP contribution in [0.4, 0.5) is 21.9 Å². The first-order valence-electron chi connectivity index (χ1n) is 12.6. The van der Waals surface area contributed by atoms with Crippen LogP contribution in [0.3, 0.4) is 0 Å². The Balaban J connectivity index is 1.22. The minimum Gasteiger partial charge on any atom is -0.366 e. The molecule has 6 rings (SSSR count). The predicted octanol–water partition coefficient (Wildman–Crippen LogP) is 6.22. The molecule has 198 valence electrons. The van der Waals surface area contributed by atoms with E-state index in [9.17, 15) is 14.4 Å². The van der Waals surface area contributed by atoms with Crippen LogP contribution in [-0.2, 0) is 11.3 Å². The first-order chi connectivity index (χ1) is 19.4. The zero-order chi connectivity index (χ0) is 27.6. The van der Waals surface area contributed by atoms with Crippen LogP contribution in [0.15, 0.2) is 102 Å². The number of nitrogens with two attached hydrogens (primary N) is 1. The number of nitrogens with zero attached hydrogens (tertiary/aromatic N) is 1. The summed E-state index contributed by atoms with van der Waals surface area (Å²) in [4.78, 5) is 43.4. The highest BCUT2D eigenvalue weighted by Gasteiger charge is 2.25. The summed E-state index contributed by atoms with van der Waals surface area (Å²) < 4.78 is 0. The number of hydrogen-bond donors (Lipinski definition) is 4. The first-order valence-corrected chi connectivity index (χ1v) is 13.6. The van der Waals surface area contributed by atoms with Gasteiger partial charge in [-0.1, -0.05) is 48.5 Å². The molecule has 1 aliphatic rings. The van der Waals surface area contributed by atoms with Crippen molar-refractivity contribution in [1.82, 2.24) is 4.98 Å². The number of rotatable bonds is 6. The molecule has 0 saturated carbocycles. The summed E-state index contributed by atoms with van der Waals surface area (Å²) in [6.07, 6.45) is 1.73. The second-order valence-electron chi connectivity index (χ2n) is 9.42. The Morgan fingerprint density at radius 3 is 2.55 bits per heavy atom. The average molecular weight is 548 g/mol. The number of aromatic nitrogens is 1. The van der Waals surface area contributed by atoms with E-state index in [-0.39, 0.29) is 5.91 Å². The third kappa shape index (κ3) is 5.14. The Hall–Kier alpha value is -5.02. The molecule has 0 unspecified atom stereocenters. The molecule has 0 bridgehead atoms. The molecule has 0 saturated heterocycles. The zero-order valence-electron chi connectivity index (χ0n) is 21.3. The lowest BCUT2D eigenvalue weighted by atomic mass is 10.0. The van der Waals surface area contributed by atoms with E-state index >= 15 is 0 Å². The van der Waals surface area contributed by atoms with Gasteiger partial charge in [0.2, 0.25) is 11.8 Å². The number of benzene rings is 4. The number of hydrogen-bond acceptors (Lipinski definition) is 4. The zero-order valence-corrected chi connectivity index (χ0v) is 22.1. The van der Waals surface area contributed by atoms with Crippen molar-refractivity contribution in [2.24, 2.45) is 5.73 Å². The Labute approximate surface area is 234 Å². The van der Waals surface area contributed by atoms with Crippen molar-refractivity contribution in [2.75, 3.05) is 21.3 Å². The lowest BCUT2D eigenvalue weighted by molar-refractivity contribution is -0.116. The summed E-state index contributed by atoms with van der Waals surface area (Å²) in [5, 5.41) is 6.64. The summed E-state index contributed by atoms with van der Waals surface area (Å²) in [5.74, 6) is -0.0847. The van der Waals surface area contributed by atoms with E-state index in [0.717, 1.165) is 38.2 Å². The molecule has 2 heterocycles. The fraction of sp³-hybridized carbons (Fsp3) is 0.0645.